The van der Waals surface area contributed by atoms with Crippen LogP contribution in [0, 0.1) is 0 Å². The van der Waals surface area contributed by atoms with E-state index >= 15 is 0 Å². The van der Waals surface area contributed by atoms with Gasteiger partial charge in [-0.25, -0.2) is 0 Å². The van der Waals surface area contributed by atoms with Gasteiger partial charge in [0.1, 0.15) is 29.1 Å². The second-order valence-corrected chi connectivity index (χ2v) is 17.4. The monoisotopic (exact) mass is 688 g/mol. The number of hydrogen-bond acceptors (Lipinski definition) is 11. The van der Waals surface area contributed by atoms with Gasteiger partial charge in [-0.3, -0.25) is 0 Å². The molecule has 1 unspecified atom stereocenters. The summed E-state index contributed by atoms with van der Waals surface area (Å²) >= 11 is 0. The molecular weight excluding hydrogens is 636 g/mol. The summed E-state index contributed by atoms with van der Waals surface area (Å²) < 4.78 is 57.8. The Labute approximate surface area is 286 Å². The number of aliphatic hydroxyl groups is 1. The highest BCUT2D eigenvalue weighted by atomic mass is 28.4. The first-order valence-corrected chi connectivity index (χ1v) is 18.6. The zero-order chi connectivity index (χ0) is 35.2. The number of rotatable bonds is 21. The van der Waals surface area contributed by atoms with Crippen LogP contribution in [0.2, 0.25) is 18.1 Å². The van der Waals surface area contributed by atoms with E-state index in [1.807, 2.05) is 42.5 Å². The number of hydrogen-bond donors (Lipinski definition) is 1. The minimum absolute atomic E-state index is 0.0153. The third kappa shape index (κ3) is 10.9. The van der Waals surface area contributed by atoms with Gasteiger partial charge in [0.05, 0.1) is 25.4 Å². The van der Waals surface area contributed by atoms with Crippen molar-refractivity contribution in [2.75, 3.05) is 55.6 Å². The summed E-state index contributed by atoms with van der Waals surface area (Å²) in [4.78, 5) is 0. The van der Waals surface area contributed by atoms with Gasteiger partial charge in [0.2, 0.25) is 0 Å². The smallest absolute Gasteiger partial charge is 0.192 e. The Kier molecular flexibility index (Phi) is 15.6. The van der Waals surface area contributed by atoms with Crippen molar-refractivity contribution in [2.24, 2.45) is 0 Å². The quantitative estimate of drug-likeness (QED) is 0.0928. The highest BCUT2D eigenvalue weighted by Gasteiger charge is 2.37. The molecule has 0 fully saturated rings. The lowest BCUT2D eigenvalue weighted by Crippen LogP contribution is -2.40. The molecule has 48 heavy (non-hydrogen) atoms. The van der Waals surface area contributed by atoms with Gasteiger partial charge in [0, 0.05) is 39.6 Å². The maximum absolute atomic E-state index is 12.4. The summed E-state index contributed by atoms with van der Waals surface area (Å²) in [5.74, 6) is 1.47. The van der Waals surface area contributed by atoms with Gasteiger partial charge in [-0.2, -0.15) is 0 Å². The summed E-state index contributed by atoms with van der Waals surface area (Å²) in [6, 6.07) is 16.9. The minimum Gasteiger partial charge on any atom is -0.467 e. The van der Waals surface area contributed by atoms with Crippen LogP contribution in [0.5, 0.6) is 23.0 Å². The average molecular weight is 689 g/mol. The van der Waals surface area contributed by atoms with E-state index in [4.69, 9.17) is 47.1 Å². The Bertz CT molecular complexity index is 1360. The van der Waals surface area contributed by atoms with Crippen molar-refractivity contribution < 1.29 is 52.2 Å². The molecule has 0 saturated carbocycles. The lowest BCUT2D eigenvalue weighted by molar-refractivity contribution is 0.0379. The van der Waals surface area contributed by atoms with E-state index in [0.717, 1.165) is 11.1 Å². The molecule has 11 nitrogen and oxygen atoms in total. The average Bonchev–Trinajstić information content (AvgIpc) is 3.06. The van der Waals surface area contributed by atoms with Crippen LogP contribution in [-0.2, 0) is 47.9 Å². The molecule has 0 aliphatic heterocycles. The van der Waals surface area contributed by atoms with Crippen LogP contribution in [-0.4, -0.2) is 69.0 Å². The number of benzene rings is 3. The molecule has 3 aromatic rings. The van der Waals surface area contributed by atoms with Crippen LogP contribution in [0.3, 0.4) is 0 Å². The molecule has 0 aromatic heterocycles. The van der Waals surface area contributed by atoms with Gasteiger partial charge in [0.15, 0.2) is 35.5 Å². The highest BCUT2D eigenvalue weighted by Crippen LogP contribution is 2.46. The van der Waals surface area contributed by atoms with Crippen molar-refractivity contribution in [1.29, 1.82) is 0 Å². The molecule has 266 valence electrons. The summed E-state index contributed by atoms with van der Waals surface area (Å²) in [7, 11) is 4.02. The molecule has 3 rings (SSSR count). The molecule has 12 heteroatoms. The topological polar surface area (TPSA) is 113 Å². The van der Waals surface area contributed by atoms with Crippen LogP contribution >= 0.6 is 0 Å². The zero-order valence-corrected chi connectivity index (χ0v) is 30.8. The van der Waals surface area contributed by atoms with Crippen molar-refractivity contribution in [3.8, 4) is 23.0 Å². The van der Waals surface area contributed by atoms with Crippen molar-refractivity contribution >= 4 is 8.32 Å². The van der Waals surface area contributed by atoms with E-state index in [9.17, 15) is 5.11 Å². The van der Waals surface area contributed by atoms with Crippen molar-refractivity contribution in [3.05, 3.63) is 82.4 Å². The normalized spacial score (nSPS) is 12.5. The van der Waals surface area contributed by atoms with Gasteiger partial charge < -0.3 is 52.2 Å². The fraction of sp³-hybridized carbons (Fsp3) is 0.500. The Hall–Kier alpha value is -3.20. The summed E-state index contributed by atoms with van der Waals surface area (Å²) in [6.45, 7) is 11.4. The lowest BCUT2D eigenvalue weighted by Gasteiger charge is -2.36. The van der Waals surface area contributed by atoms with Crippen LogP contribution in [0.1, 0.15) is 54.7 Å². The molecule has 0 heterocycles. The Morgan fingerprint density at radius 1 is 0.604 bits per heavy atom. The second kappa shape index (κ2) is 19.1. The molecule has 0 bridgehead atoms. The Morgan fingerprint density at radius 2 is 1.10 bits per heavy atom. The second-order valence-electron chi connectivity index (χ2n) is 12.6. The molecule has 0 aliphatic carbocycles. The first kappa shape index (κ1) is 39.2. The largest absolute Gasteiger partial charge is 0.467 e. The molecular formula is C36H52O11Si. The van der Waals surface area contributed by atoms with E-state index in [2.05, 4.69) is 33.9 Å². The first-order chi connectivity index (χ1) is 23.0. The lowest BCUT2D eigenvalue weighted by atomic mass is 9.93. The summed E-state index contributed by atoms with van der Waals surface area (Å²) in [6.07, 6.45) is -1.35. The minimum atomic E-state index is -2.09. The predicted molar refractivity (Wildman–Crippen MR) is 184 cm³/mol. The summed E-state index contributed by atoms with van der Waals surface area (Å²) in [5, 5.41) is 12.4. The maximum Gasteiger partial charge on any atom is 0.192 e. The van der Waals surface area contributed by atoms with E-state index in [1.165, 1.54) is 28.4 Å². The van der Waals surface area contributed by atoms with Gasteiger partial charge >= 0.3 is 0 Å². The van der Waals surface area contributed by atoms with E-state index in [0.29, 0.717) is 52.9 Å². The number of aliphatic hydroxyl groups excluding tert-OH is 1. The summed E-state index contributed by atoms with van der Waals surface area (Å²) in [5.41, 5.74) is 3.04. The fourth-order valence-electron chi connectivity index (χ4n) is 4.54. The van der Waals surface area contributed by atoms with E-state index in [-0.39, 0.29) is 38.8 Å². The number of methoxy groups -OCH3 is 4. The van der Waals surface area contributed by atoms with Crippen molar-refractivity contribution in [2.45, 2.75) is 64.8 Å². The number of ether oxygens (including phenoxy) is 9. The van der Waals surface area contributed by atoms with E-state index < -0.39 is 14.4 Å². The van der Waals surface area contributed by atoms with Gasteiger partial charge in [-0.1, -0.05) is 51.1 Å². The fourth-order valence-corrected chi connectivity index (χ4v) is 5.50. The molecule has 1 atom stereocenters. The van der Waals surface area contributed by atoms with Crippen LogP contribution in [0.15, 0.2) is 54.6 Å². The third-order valence-electron chi connectivity index (χ3n) is 8.08. The van der Waals surface area contributed by atoms with Crippen LogP contribution in [0.25, 0.3) is 0 Å². The molecule has 0 radical (unpaired) electrons. The third-order valence-corrected chi connectivity index (χ3v) is 12.6. The van der Waals surface area contributed by atoms with Gasteiger partial charge in [0.25, 0.3) is 0 Å². The predicted octanol–water partition coefficient (Wildman–Crippen LogP) is 6.94. The first-order valence-electron chi connectivity index (χ1n) is 15.7. The zero-order valence-electron chi connectivity index (χ0n) is 29.8. The van der Waals surface area contributed by atoms with Crippen molar-refractivity contribution in [1.82, 2.24) is 0 Å². The Morgan fingerprint density at radius 3 is 1.62 bits per heavy atom. The molecule has 0 aliphatic rings. The van der Waals surface area contributed by atoms with Crippen LogP contribution in [0.4, 0.5) is 0 Å². The van der Waals surface area contributed by atoms with Crippen molar-refractivity contribution in [3.63, 3.8) is 0 Å². The SMILES string of the molecule is COCOc1ccc(OCOC)c(C(O)c2c(OCOC)cc(CO[Si](C)(C)C(C)(C)C)cc2OCOC)c1COCc1ccccc1. The Balaban J connectivity index is 2.19. The van der Waals surface area contributed by atoms with Gasteiger partial charge in [-0.05, 0) is 53.5 Å². The molecule has 1 N–H and O–H groups in total. The molecule has 0 amide bonds. The van der Waals surface area contributed by atoms with Gasteiger partial charge in [-0.15, -0.1) is 0 Å². The van der Waals surface area contributed by atoms with E-state index in [1.54, 1.807) is 12.1 Å². The molecule has 0 saturated heterocycles. The molecule has 3 aromatic carbocycles. The standard InChI is InChI=1S/C36H52O11Si/c1-36(2,3)48(8,9)47-20-27-17-31(45-24-40-6)34(32(18-27)46-25-41-7)35(37)33-28(21-42-19-26-13-11-10-12-14-26)29(43-22-38-4)15-16-30(33)44-23-39-5/h10-18,35,37H,19-25H2,1-9H3. The van der Waals surface area contributed by atoms with Crippen LogP contribution < -0.4 is 18.9 Å². The highest BCUT2D eigenvalue weighted by molar-refractivity contribution is 6.74. The molecule has 0 spiro atoms. The maximum atomic E-state index is 12.4.